The molecule has 0 bridgehead atoms. The van der Waals surface area contributed by atoms with Crippen LogP contribution < -0.4 is 0 Å². The van der Waals surface area contributed by atoms with Crippen LogP contribution >= 0.6 is 25.3 Å². The molecule has 0 fully saturated rings. The topological polar surface area (TPSA) is 26.3 Å². The van der Waals surface area contributed by atoms with Gasteiger partial charge in [0.25, 0.3) is 0 Å². The molecule has 0 N–H and O–H groups in total. The van der Waals surface area contributed by atoms with Gasteiger partial charge in [-0.15, -0.1) is 0 Å². The van der Waals surface area contributed by atoms with Crippen molar-refractivity contribution in [3.05, 3.63) is 0 Å². The number of carbonyl (C=O) groups is 1. The summed E-state index contributed by atoms with van der Waals surface area (Å²) in [7, 11) is 0. The maximum atomic E-state index is 11.9. The van der Waals surface area contributed by atoms with E-state index in [4.69, 9.17) is 4.74 Å². The molecule has 0 spiro atoms. The Balaban J connectivity index is 3.14. The standard InChI is InChI=1S/C32H64O2S2/c33-32(28-24-20-16-12-8-4-3-7-11-15-19-23-27-31-36)34-29-25-21-17-13-9-5-1-2-6-10-14-18-22-26-30-35/h35-36H,1-31H2. The first kappa shape index (κ1) is 36.2. The summed E-state index contributed by atoms with van der Waals surface area (Å²) in [5, 5.41) is 0. The van der Waals surface area contributed by atoms with Gasteiger partial charge in [-0.05, 0) is 37.2 Å². The molecule has 216 valence electrons. The van der Waals surface area contributed by atoms with Crippen LogP contribution in [0, 0.1) is 0 Å². The number of hydrogen-bond acceptors (Lipinski definition) is 4. The number of thiol groups is 2. The predicted molar refractivity (Wildman–Crippen MR) is 168 cm³/mol. The number of ether oxygens (including phenoxy) is 1. The number of esters is 1. The van der Waals surface area contributed by atoms with E-state index in [-0.39, 0.29) is 5.97 Å². The highest BCUT2D eigenvalue weighted by atomic mass is 32.1. The Kier molecular flexibility index (Phi) is 33.4. The highest BCUT2D eigenvalue weighted by Gasteiger charge is 2.03. The molecule has 0 amide bonds. The largest absolute Gasteiger partial charge is 0.466 e. The van der Waals surface area contributed by atoms with Crippen LogP contribution in [-0.4, -0.2) is 24.1 Å². The van der Waals surface area contributed by atoms with Gasteiger partial charge >= 0.3 is 5.97 Å². The van der Waals surface area contributed by atoms with E-state index < -0.39 is 0 Å². The van der Waals surface area contributed by atoms with Gasteiger partial charge in [-0.2, -0.15) is 25.3 Å². The Morgan fingerprint density at radius 2 is 0.611 bits per heavy atom. The molecule has 0 aromatic rings. The zero-order valence-corrected chi connectivity index (χ0v) is 25.9. The van der Waals surface area contributed by atoms with Crippen molar-refractivity contribution in [2.75, 3.05) is 18.1 Å². The Morgan fingerprint density at radius 3 is 0.917 bits per heavy atom. The summed E-state index contributed by atoms with van der Waals surface area (Å²) in [6.07, 6.45) is 36.5. The summed E-state index contributed by atoms with van der Waals surface area (Å²) < 4.78 is 5.42. The number of hydrogen-bond donors (Lipinski definition) is 2. The van der Waals surface area contributed by atoms with E-state index in [1.807, 2.05) is 0 Å². The van der Waals surface area contributed by atoms with Crippen molar-refractivity contribution in [3.8, 4) is 0 Å². The summed E-state index contributed by atoms with van der Waals surface area (Å²) in [6, 6.07) is 0. The lowest BCUT2D eigenvalue weighted by Crippen LogP contribution is -2.05. The first-order chi connectivity index (χ1) is 17.8. The van der Waals surface area contributed by atoms with Crippen molar-refractivity contribution in [1.82, 2.24) is 0 Å². The monoisotopic (exact) mass is 544 g/mol. The fraction of sp³-hybridized carbons (Fsp3) is 0.969. The summed E-state index contributed by atoms with van der Waals surface area (Å²) in [5.41, 5.74) is 0. The van der Waals surface area contributed by atoms with E-state index in [2.05, 4.69) is 25.3 Å². The van der Waals surface area contributed by atoms with Crippen molar-refractivity contribution in [2.24, 2.45) is 0 Å². The van der Waals surface area contributed by atoms with Gasteiger partial charge in [-0.25, -0.2) is 0 Å². The maximum Gasteiger partial charge on any atom is 0.305 e. The molecule has 0 aliphatic heterocycles. The van der Waals surface area contributed by atoms with Crippen LogP contribution in [0.4, 0.5) is 0 Å². The van der Waals surface area contributed by atoms with E-state index in [0.29, 0.717) is 13.0 Å². The third-order valence-corrected chi connectivity index (χ3v) is 7.99. The molecule has 0 aliphatic carbocycles. The lowest BCUT2D eigenvalue weighted by molar-refractivity contribution is -0.143. The van der Waals surface area contributed by atoms with Crippen LogP contribution in [0.1, 0.15) is 180 Å². The molecule has 0 radical (unpaired) electrons. The molecule has 0 saturated heterocycles. The van der Waals surface area contributed by atoms with Gasteiger partial charge in [0, 0.05) is 6.42 Å². The Hall–Kier alpha value is 0.170. The van der Waals surface area contributed by atoms with Crippen LogP contribution in [0.5, 0.6) is 0 Å². The minimum atomic E-state index is 0.0195. The van der Waals surface area contributed by atoms with Gasteiger partial charge in [0.15, 0.2) is 0 Å². The first-order valence-electron chi connectivity index (χ1n) is 16.2. The molecule has 0 rings (SSSR count). The molecule has 0 saturated carbocycles. The second kappa shape index (κ2) is 33.2. The third-order valence-electron chi connectivity index (χ3n) is 7.35. The molecule has 2 nitrogen and oxygen atoms in total. The summed E-state index contributed by atoms with van der Waals surface area (Å²) in [4.78, 5) is 11.9. The molecule has 0 atom stereocenters. The Labute approximate surface area is 238 Å². The molecule has 0 aromatic heterocycles. The molecule has 0 aliphatic rings. The highest BCUT2D eigenvalue weighted by Crippen LogP contribution is 2.15. The molecule has 0 unspecified atom stereocenters. The van der Waals surface area contributed by atoms with Crippen molar-refractivity contribution in [2.45, 2.75) is 180 Å². The minimum Gasteiger partial charge on any atom is -0.466 e. The van der Waals surface area contributed by atoms with E-state index in [1.54, 1.807) is 0 Å². The van der Waals surface area contributed by atoms with Crippen molar-refractivity contribution >= 4 is 31.2 Å². The summed E-state index contributed by atoms with van der Waals surface area (Å²) >= 11 is 8.53. The zero-order chi connectivity index (χ0) is 26.2. The van der Waals surface area contributed by atoms with Crippen LogP contribution in [0.25, 0.3) is 0 Å². The first-order valence-corrected chi connectivity index (χ1v) is 17.4. The lowest BCUT2D eigenvalue weighted by Gasteiger charge is -2.06. The average molecular weight is 545 g/mol. The van der Waals surface area contributed by atoms with Crippen LogP contribution in [0.3, 0.4) is 0 Å². The Bertz CT molecular complexity index is 417. The smallest absolute Gasteiger partial charge is 0.305 e. The highest BCUT2D eigenvalue weighted by molar-refractivity contribution is 7.80. The molecule has 36 heavy (non-hydrogen) atoms. The second-order valence-corrected chi connectivity index (χ2v) is 11.9. The van der Waals surface area contributed by atoms with E-state index in [9.17, 15) is 4.79 Å². The van der Waals surface area contributed by atoms with Crippen LogP contribution in [0.15, 0.2) is 0 Å². The van der Waals surface area contributed by atoms with E-state index in [0.717, 1.165) is 24.3 Å². The maximum absolute atomic E-state index is 11.9. The molecule has 4 heteroatoms. The lowest BCUT2D eigenvalue weighted by atomic mass is 10.0. The summed E-state index contributed by atoms with van der Waals surface area (Å²) in [6.45, 7) is 0.627. The van der Waals surface area contributed by atoms with Gasteiger partial charge in [0.2, 0.25) is 0 Å². The quantitative estimate of drug-likeness (QED) is 0.0515. The van der Waals surface area contributed by atoms with Gasteiger partial charge in [0.05, 0.1) is 6.61 Å². The van der Waals surface area contributed by atoms with Crippen LogP contribution in [0.2, 0.25) is 0 Å². The van der Waals surface area contributed by atoms with Crippen LogP contribution in [-0.2, 0) is 9.53 Å². The van der Waals surface area contributed by atoms with E-state index in [1.165, 1.54) is 161 Å². The minimum absolute atomic E-state index is 0.0195. The number of carbonyl (C=O) groups excluding carboxylic acids is 1. The van der Waals surface area contributed by atoms with Crippen molar-refractivity contribution in [1.29, 1.82) is 0 Å². The van der Waals surface area contributed by atoms with Gasteiger partial charge in [0.1, 0.15) is 0 Å². The molecular formula is C32H64O2S2. The van der Waals surface area contributed by atoms with E-state index >= 15 is 0 Å². The van der Waals surface area contributed by atoms with Crippen molar-refractivity contribution in [3.63, 3.8) is 0 Å². The zero-order valence-electron chi connectivity index (χ0n) is 24.1. The molecule has 0 heterocycles. The Morgan fingerprint density at radius 1 is 0.361 bits per heavy atom. The average Bonchev–Trinajstić information content (AvgIpc) is 2.88. The predicted octanol–water partition coefficient (Wildman–Crippen LogP) is 11.3. The normalized spacial score (nSPS) is 11.3. The SMILES string of the molecule is O=C(CCCCCCCCCCCCCCCS)OCCCCCCCCCCCCCCCCS. The fourth-order valence-electron chi connectivity index (χ4n) is 4.92. The van der Waals surface area contributed by atoms with Crippen molar-refractivity contribution < 1.29 is 9.53 Å². The molecular weight excluding hydrogens is 480 g/mol. The third kappa shape index (κ3) is 32.2. The fourth-order valence-corrected chi connectivity index (χ4v) is 5.37. The van der Waals surface area contributed by atoms with Gasteiger partial charge < -0.3 is 4.74 Å². The molecule has 0 aromatic carbocycles. The number of rotatable bonds is 31. The second-order valence-electron chi connectivity index (χ2n) is 11.0. The number of unbranched alkanes of at least 4 members (excludes halogenated alkanes) is 25. The van der Waals surface area contributed by atoms with Gasteiger partial charge in [-0.3, -0.25) is 4.79 Å². The summed E-state index contributed by atoms with van der Waals surface area (Å²) in [5.74, 6) is 2.11. The van der Waals surface area contributed by atoms with Gasteiger partial charge in [-0.1, -0.05) is 148 Å².